The lowest BCUT2D eigenvalue weighted by Gasteiger charge is -2.25. The molecule has 0 spiro atoms. The number of benzene rings is 1. The van der Waals surface area contributed by atoms with Gasteiger partial charge in [-0.2, -0.15) is 0 Å². The summed E-state index contributed by atoms with van der Waals surface area (Å²) < 4.78 is 5.19. The number of carbonyl (C=O) groups excluding carboxylic acids is 2. The van der Waals surface area contributed by atoms with Crippen LogP contribution in [0.4, 0.5) is 4.79 Å². The van der Waals surface area contributed by atoms with Crippen molar-refractivity contribution in [2.45, 2.75) is 38.8 Å². The van der Waals surface area contributed by atoms with Gasteiger partial charge in [-0.1, -0.05) is 12.1 Å². The van der Waals surface area contributed by atoms with E-state index in [4.69, 9.17) is 9.84 Å². The third-order valence-corrected chi connectivity index (χ3v) is 3.07. The van der Waals surface area contributed by atoms with Crippen molar-refractivity contribution in [3.8, 4) is 0 Å². The van der Waals surface area contributed by atoms with Gasteiger partial charge in [0.25, 0.3) is 0 Å². The van der Waals surface area contributed by atoms with Gasteiger partial charge in [0.2, 0.25) is 5.91 Å². The van der Waals surface area contributed by atoms with Gasteiger partial charge in [0.1, 0.15) is 11.6 Å². The molecule has 2 amide bonds. The van der Waals surface area contributed by atoms with Crippen molar-refractivity contribution in [1.82, 2.24) is 10.2 Å². The molecule has 0 fully saturated rings. The van der Waals surface area contributed by atoms with E-state index in [9.17, 15) is 14.4 Å². The van der Waals surface area contributed by atoms with Gasteiger partial charge < -0.3 is 20.1 Å². The number of ether oxygens (including phenoxy) is 1. The number of hydrogen-bond acceptors (Lipinski definition) is 4. The lowest BCUT2D eigenvalue weighted by atomic mass is 10.0. The van der Waals surface area contributed by atoms with Crippen LogP contribution in [0.3, 0.4) is 0 Å². The quantitative estimate of drug-likeness (QED) is 0.856. The van der Waals surface area contributed by atoms with Crippen LogP contribution in [0.5, 0.6) is 0 Å². The number of rotatable bonds is 5. The molecule has 0 bridgehead atoms. The molecule has 1 atom stereocenters. The number of carboxylic acids is 1. The summed E-state index contributed by atoms with van der Waals surface area (Å²) >= 11 is 0. The van der Waals surface area contributed by atoms with E-state index in [0.717, 1.165) is 5.56 Å². The molecule has 0 aliphatic carbocycles. The van der Waals surface area contributed by atoms with Gasteiger partial charge in [-0.15, -0.1) is 0 Å². The number of aromatic carboxylic acids is 1. The Kier molecular flexibility index (Phi) is 6.34. The summed E-state index contributed by atoms with van der Waals surface area (Å²) in [6, 6.07) is 5.36. The number of nitrogens with one attached hydrogen (secondary N) is 1. The SMILES string of the molecule is CN(C)C(=O)[C@H](Cc1ccc(C(=O)O)cc1)NC(=O)OC(C)(C)C. The van der Waals surface area contributed by atoms with E-state index in [1.165, 1.54) is 17.0 Å². The van der Waals surface area contributed by atoms with Crippen molar-refractivity contribution >= 4 is 18.0 Å². The van der Waals surface area contributed by atoms with Gasteiger partial charge in [0.15, 0.2) is 0 Å². The van der Waals surface area contributed by atoms with E-state index in [1.54, 1.807) is 47.0 Å². The van der Waals surface area contributed by atoms with Crippen molar-refractivity contribution in [2.24, 2.45) is 0 Å². The molecule has 0 aliphatic rings. The number of nitrogens with zero attached hydrogens (tertiary/aromatic N) is 1. The Hall–Kier alpha value is -2.57. The van der Waals surface area contributed by atoms with Crippen molar-refractivity contribution in [2.75, 3.05) is 14.1 Å². The number of amides is 2. The Balaban J connectivity index is 2.88. The minimum absolute atomic E-state index is 0.161. The average Bonchev–Trinajstić information content (AvgIpc) is 2.44. The molecule has 24 heavy (non-hydrogen) atoms. The van der Waals surface area contributed by atoms with Gasteiger partial charge >= 0.3 is 12.1 Å². The van der Waals surface area contributed by atoms with Crippen LogP contribution in [0.1, 0.15) is 36.7 Å². The fourth-order valence-electron chi connectivity index (χ4n) is 1.98. The number of hydrogen-bond donors (Lipinski definition) is 2. The number of carboxylic acid groups (broad SMARTS) is 1. The monoisotopic (exact) mass is 336 g/mol. The molecule has 0 aliphatic heterocycles. The van der Waals surface area contributed by atoms with Crippen LogP contribution in [0.2, 0.25) is 0 Å². The summed E-state index contributed by atoms with van der Waals surface area (Å²) in [5.74, 6) is -1.29. The van der Waals surface area contributed by atoms with Gasteiger partial charge in [-0.3, -0.25) is 4.79 Å². The Morgan fingerprint density at radius 2 is 1.71 bits per heavy atom. The van der Waals surface area contributed by atoms with E-state index >= 15 is 0 Å². The van der Waals surface area contributed by atoms with E-state index < -0.39 is 23.7 Å². The van der Waals surface area contributed by atoms with E-state index in [0.29, 0.717) is 0 Å². The fraction of sp³-hybridized carbons (Fsp3) is 0.471. The standard InChI is InChI=1S/C17H24N2O5/c1-17(2,3)24-16(23)18-13(14(20)19(4)5)10-11-6-8-12(9-7-11)15(21)22/h6-9,13H,10H2,1-5H3,(H,18,23)(H,21,22)/t13-/m0/s1. The maximum Gasteiger partial charge on any atom is 0.408 e. The first kappa shape index (κ1) is 19.5. The summed E-state index contributed by atoms with van der Waals surface area (Å²) in [4.78, 5) is 36.5. The Labute approximate surface area is 141 Å². The second kappa shape index (κ2) is 7.81. The zero-order chi connectivity index (χ0) is 18.5. The third kappa shape index (κ3) is 6.28. The zero-order valence-corrected chi connectivity index (χ0v) is 14.6. The molecule has 7 heteroatoms. The highest BCUT2D eigenvalue weighted by Crippen LogP contribution is 2.11. The average molecular weight is 336 g/mol. The highest BCUT2D eigenvalue weighted by atomic mass is 16.6. The van der Waals surface area contributed by atoms with Crippen LogP contribution in [-0.4, -0.2) is 53.7 Å². The zero-order valence-electron chi connectivity index (χ0n) is 14.6. The predicted molar refractivity (Wildman–Crippen MR) is 89.0 cm³/mol. The Bertz CT molecular complexity index is 602. The van der Waals surface area contributed by atoms with Gasteiger partial charge in [-0.25, -0.2) is 9.59 Å². The van der Waals surface area contributed by atoms with Crippen LogP contribution >= 0.6 is 0 Å². The molecule has 0 saturated heterocycles. The molecular formula is C17H24N2O5. The van der Waals surface area contributed by atoms with Crippen LogP contribution in [-0.2, 0) is 16.0 Å². The third-order valence-electron chi connectivity index (χ3n) is 3.07. The lowest BCUT2D eigenvalue weighted by Crippen LogP contribution is -2.48. The van der Waals surface area contributed by atoms with Crippen LogP contribution in [0.15, 0.2) is 24.3 Å². The fourth-order valence-corrected chi connectivity index (χ4v) is 1.98. The predicted octanol–water partition coefficient (Wildman–Crippen LogP) is 1.91. The first-order chi connectivity index (χ1) is 11.0. The highest BCUT2D eigenvalue weighted by Gasteiger charge is 2.25. The van der Waals surface area contributed by atoms with Crippen molar-refractivity contribution in [3.63, 3.8) is 0 Å². The van der Waals surface area contributed by atoms with Crippen LogP contribution < -0.4 is 5.32 Å². The Morgan fingerprint density at radius 1 is 1.17 bits per heavy atom. The topological polar surface area (TPSA) is 95.9 Å². The number of likely N-dealkylation sites (N-methyl/N-ethyl adjacent to an activating group) is 1. The second-order valence-electron chi connectivity index (χ2n) is 6.64. The minimum atomic E-state index is -1.02. The first-order valence-electron chi connectivity index (χ1n) is 7.52. The van der Waals surface area contributed by atoms with Crippen LogP contribution in [0.25, 0.3) is 0 Å². The normalized spacial score (nSPS) is 12.2. The molecule has 1 aromatic rings. The van der Waals surface area contributed by atoms with Crippen LogP contribution in [0, 0.1) is 0 Å². The minimum Gasteiger partial charge on any atom is -0.478 e. The lowest BCUT2D eigenvalue weighted by molar-refractivity contribution is -0.130. The van der Waals surface area contributed by atoms with Gasteiger partial charge in [0.05, 0.1) is 5.56 Å². The second-order valence-corrected chi connectivity index (χ2v) is 6.64. The molecule has 0 radical (unpaired) electrons. The summed E-state index contributed by atoms with van der Waals surface area (Å²) in [5.41, 5.74) is 0.226. The maximum atomic E-state index is 12.3. The van der Waals surface area contributed by atoms with Gasteiger partial charge in [-0.05, 0) is 38.5 Å². The van der Waals surface area contributed by atoms with Crippen molar-refractivity contribution in [3.05, 3.63) is 35.4 Å². The molecular weight excluding hydrogens is 312 g/mol. The maximum absolute atomic E-state index is 12.3. The molecule has 7 nitrogen and oxygen atoms in total. The summed E-state index contributed by atoms with van der Waals surface area (Å²) in [5, 5.41) is 11.5. The molecule has 0 saturated carbocycles. The van der Waals surface area contributed by atoms with Crippen molar-refractivity contribution < 1.29 is 24.2 Å². The highest BCUT2D eigenvalue weighted by molar-refractivity contribution is 5.88. The summed E-state index contributed by atoms with van der Waals surface area (Å²) in [6.45, 7) is 5.21. The summed E-state index contributed by atoms with van der Waals surface area (Å²) in [6.07, 6.45) is -0.444. The molecule has 0 unspecified atom stereocenters. The molecule has 2 N–H and O–H groups in total. The first-order valence-corrected chi connectivity index (χ1v) is 7.52. The largest absolute Gasteiger partial charge is 0.478 e. The molecule has 0 heterocycles. The van der Waals surface area contributed by atoms with Gasteiger partial charge in [0, 0.05) is 20.5 Å². The summed E-state index contributed by atoms with van der Waals surface area (Å²) in [7, 11) is 3.19. The molecule has 1 rings (SSSR count). The van der Waals surface area contributed by atoms with E-state index in [1.807, 2.05) is 0 Å². The smallest absolute Gasteiger partial charge is 0.408 e. The Morgan fingerprint density at radius 3 is 2.12 bits per heavy atom. The molecule has 1 aromatic carbocycles. The van der Waals surface area contributed by atoms with E-state index in [-0.39, 0.29) is 17.9 Å². The molecule has 132 valence electrons. The number of carbonyl (C=O) groups is 3. The number of alkyl carbamates (subject to hydrolysis) is 1. The molecule has 0 aromatic heterocycles. The van der Waals surface area contributed by atoms with E-state index in [2.05, 4.69) is 5.32 Å². The van der Waals surface area contributed by atoms with Crippen molar-refractivity contribution in [1.29, 1.82) is 0 Å².